The van der Waals surface area contributed by atoms with Crippen molar-refractivity contribution in [2.75, 3.05) is 20.3 Å². The topological polar surface area (TPSA) is 92.7 Å². The van der Waals surface area contributed by atoms with Crippen LogP contribution in [0, 0.1) is 5.92 Å². The largest absolute Gasteiger partial charge is 0.478 e. The minimum Gasteiger partial charge on any atom is -0.478 e. The van der Waals surface area contributed by atoms with Crippen molar-refractivity contribution < 1.29 is 23.1 Å². The second-order valence-corrected chi connectivity index (χ2v) is 6.48. The summed E-state index contributed by atoms with van der Waals surface area (Å²) in [6, 6.07) is 5.90. The van der Waals surface area contributed by atoms with Crippen LogP contribution in [-0.2, 0) is 20.5 Å². The second-order valence-electron chi connectivity index (χ2n) is 4.67. The molecule has 2 N–H and O–H groups in total. The number of methoxy groups -OCH3 is 1. The summed E-state index contributed by atoms with van der Waals surface area (Å²) in [5, 5.41) is 8.86. The van der Waals surface area contributed by atoms with Crippen LogP contribution in [0.4, 0.5) is 0 Å². The number of sulfonamides is 1. The van der Waals surface area contributed by atoms with Crippen LogP contribution >= 0.6 is 0 Å². The maximum atomic E-state index is 11.9. The molecule has 0 aromatic heterocycles. The van der Waals surface area contributed by atoms with E-state index in [4.69, 9.17) is 9.84 Å². The number of carboxylic acids is 1. The third-order valence-electron chi connectivity index (χ3n) is 2.63. The molecular formula is C13H19NO5S. The highest BCUT2D eigenvalue weighted by molar-refractivity contribution is 7.88. The molecule has 1 rings (SSSR count). The lowest BCUT2D eigenvalue weighted by Crippen LogP contribution is -2.31. The molecule has 0 radical (unpaired) electrons. The lowest BCUT2D eigenvalue weighted by Gasteiger charge is -2.12. The van der Waals surface area contributed by atoms with Gasteiger partial charge in [-0.15, -0.1) is 0 Å². The van der Waals surface area contributed by atoms with Crippen molar-refractivity contribution in [2.45, 2.75) is 12.7 Å². The van der Waals surface area contributed by atoms with E-state index in [1.165, 1.54) is 18.2 Å². The number of carbonyl (C=O) groups is 1. The average Bonchev–Trinajstić information content (AvgIpc) is 2.37. The number of aromatic carboxylic acids is 1. The molecule has 0 saturated heterocycles. The first kappa shape index (κ1) is 16.6. The Morgan fingerprint density at radius 1 is 1.45 bits per heavy atom. The van der Waals surface area contributed by atoms with E-state index in [0.717, 1.165) is 0 Å². The Hall–Kier alpha value is -1.44. The van der Waals surface area contributed by atoms with Gasteiger partial charge < -0.3 is 9.84 Å². The van der Waals surface area contributed by atoms with Crippen molar-refractivity contribution in [3.05, 3.63) is 35.4 Å². The first-order chi connectivity index (χ1) is 9.34. The minimum atomic E-state index is -3.49. The SMILES string of the molecule is COCC(C)CNS(=O)(=O)Cc1cccc(C(=O)O)c1. The Morgan fingerprint density at radius 2 is 2.15 bits per heavy atom. The van der Waals surface area contributed by atoms with E-state index in [-0.39, 0.29) is 23.8 Å². The van der Waals surface area contributed by atoms with Gasteiger partial charge in [0.2, 0.25) is 10.0 Å². The highest BCUT2D eigenvalue weighted by Crippen LogP contribution is 2.09. The van der Waals surface area contributed by atoms with Crippen LogP contribution in [0.5, 0.6) is 0 Å². The van der Waals surface area contributed by atoms with E-state index >= 15 is 0 Å². The summed E-state index contributed by atoms with van der Waals surface area (Å²) >= 11 is 0. The zero-order valence-electron chi connectivity index (χ0n) is 11.5. The number of benzene rings is 1. The van der Waals surface area contributed by atoms with Gasteiger partial charge in [0.1, 0.15) is 0 Å². The molecule has 6 nitrogen and oxygen atoms in total. The van der Waals surface area contributed by atoms with E-state index in [0.29, 0.717) is 12.2 Å². The van der Waals surface area contributed by atoms with Crippen LogP contribution < -0.4 is 4.72 Å². The van der Waals surface area contributed by atoms with Gasteiger partial charge in [0, 0.05) is 20.3 Å². The average molecular weight is 301 g/mol. The van der Waals surface area contributed by atoms with E-state index < -0.39 is 16.0 Å². The smallest absolute Gasteiger partial charge is 0.335 e. The molecular weight excluding hydrogens is 282 g/mol. The van der Waals surface area contributed by atoms with Crippen LogP contribution in [0.3, 0.4) is 0 Å². The van der Waals surface area contributed by atoms with Crippen molar-refractivity contribution in [3.63, 3.8) is 0 Å². The summed E-state index contributed by atoms with van der Waals surface area (Å²) in [6.45, 7) is 2.63. The lowest BCUT2D eigenvalue weighted by molar-refractivity contribution is 0.0696. The van der Waals surface area contributed by atoms with Crippen molar-refractivity contribution >= 4 is 16.0 Å². The number of nitrogens with one attached hydrogen (secondary N) is 1. The van der Waals surface area contributed by atoms with Crippen molar-refractivity contribution in [1.82, 2.24) is 4.72 Å². The summed E-state index contributed by atoms with van der Waals surface area (Å²) in [5.74, 6) is -1.25. The predicted octanol–water partition coefficient (Wildman–Crippen LogP) is 1.09. The molecule has 0 saturated carbocycles. The van der Waals surface area contributed by atoms with Gasteiger partial charge in [-0.3, -0.25) is 0 Å². The molecule has 0 heterocycles. The zero-order valence-corrected chi connectivity index (χ0v) is 12.3. The quantitative estimate of drug-likeness (QED) is 0.749. The summed E-state index contributed by atoms with van der Waals surface area (Å²) in [4.78, 5) is 10.8. The number of rotatable bonds is 8. The van der Waals surface area contributed by atoms with Crippen LogP contribution in [0.1, 0.15) is 22.8 Å². The van der Waals surface area contributed by atoms with Crippen LogP contribution in [-0.4, -0.2) is 39.8 Å². The molecule has 1 aromatic rings. The molecule has 0 aliphatic heterocycles. The molecule has 0 fully saturated rings. The lowest BCUT2D eigenvalue weighted by atomic mass is 10.1. The van der Waals surface area contributed by atoms with Crippen LogP contribution in [0.15, 0.2) is 24.3 Å². The first-order valence-corrected chi connectivity index (χ1v) is 7.78. The van der Waals surface area contributed by atoms with Gasteiger partial charge in [0.15, 0.2) is 0 Å². The second kappa shape index (κ2) is 7.37. The molecule has 1 unspecified atom stereocenters. The third-order valence-corrected chi connectivity index (χ3v) is 3.95. The maximum Gasteiger partial charge on any atom is 0.335 e. The van der Waals surface area contributed by atoms with Gasteiger partial charge in [-0.1, -0.05) is 19.1 Å². The van der Waals surface area contributed by atoms with E-state index in [1.807, 2.05) is 6.92 Å². The Morgan fingerprint density at radius 3 is 2.75 bits per heavy atom. The molecule has 7 heteroatoms. The number of hydrogen-bond donors (Lipinski definition) is 2. The number of ether oxygens (including phenoxy) is 1. The molecule has 0 amide bonds. The molecule has 0 spiro atoms. The Bertz CT molecular complexity index is 556. The Labute approximate surface area is 118 Å². The summed E-state index contributed by atoms with van der Waals surface area (Å²) in [7, 11) is -1.93. The van der Waals surface area contributed by atoms with Gasteiger partial charge in [0.25, 0.3) is 0 Å². The standard InChI is InChI=1S/C13H19NO5S/c1-10(8-19-2)7-14-20(17,18)9-11-4-3-5-12(6-11)13(15)16/h3-6,10,14H,7-9H2,1-2H3,(H,15,16). The van der Waals surface area contributed by atoms with Crippen molar-refractivity contribution in [3.8, 4) is 0 Å². The van der Waals surface area contributed by atoms with Crippen LogP contribution in [0.2, 0.25) is 0 Å². The van der Waals surface area contributed by atoms with Gasteiger partial charge in [-0.05, 0) is 23.6 Å². The van der Waals surface area contributed by atoms with E-state index in [2.05, 4.69) is 4.72 Å². The fourth-order valence-electron chi connectivity index (χ4n) is 1.68. The van der Waals surface area contributed by atoms with Crippen molar-refractivity contribution in [2.24, 2.45) is 5.92 Å². The normalized spacial score (nSPS) is 13.1. The van der Waals surface area contributed by atoms with E-state index in [9.17, 15) is 13.2 Å². The summed E-state index contributed by atoms with van der Waals surface area (Å²) in [5.41, 5.74) is 0.516. The first-order valence-electron chi connectivity index (χ1n) is 6.12. The Balaban J connectivity index is 2.66. The van der Waals surface area contributed by atoms with E-state index in [1.54, 1.807) is 13.2 Å². The van der Waals surface area contributed by atoms with Gasteiger partial charge in [-0.25, -0.2) is 17.9 Å². The van der Waals surface area contributed by atoms with Gasteiger partial charge >= 0.3 is 5.97 Å². The summed E-state index contributed by atoms with van der Waals surface area (Å²) in [6.07, 6.45) is 0. The zero-order chi connectivity index (χ0) is 15.2. The molecule has 112 valence electrons. The van der Waals surface area contributed by atoms with Gasteiger partial charge in [0.05, 0.1) is 11.3 Å². The maximum absolute atomic E-state index is 11.9. The highest BCUT2D eigenvalue weighted by atomic mass is 32.2. The third kappa shape index (κ3) is 5.68. The molecule has 1 atom stereocenters. The molecule has 20 heavy (non-hydrogen) atoms. The van der Waals surface area contributed by atoms with Gasteiger partial charge in [-0.2, -0.15) is 0 Å². The highest BCUT2D eigenvalue weighted by Gasteiger charge is 2.14. The molecule has 0 aliphatic carbocycles. The van der Waals surface area contributed by atoms with Crippen molar-refractivity contribution in [1.29, 1.82) is 0 Å². The fourth-order valence-corrected chi connectivity index (χ4v) is 2.94. The minimum absolute atomic E-state index is 0.0696. The summed E-state index contributed by atoms with van der Waals surface area (Å²) < 4.78 is 31.2. The number of carboxylic acid groups (broad SMARTS) is 1. The fraction of sp³-hybridized carbons (Fsp3) is 0.462. The molecule has 0 aliphatic rings. The predicted molar refractivity (Wildman–Crippen MR) is 75.1 cm³/mol. The monoisotopic (exact) mass is 301 g/mol. The molecule has 1 aromatic carbocycles. The molecule has 0 bridgehead atoms. The van der Waals surface area contributed by atoms with Crippen LogP contribution in [0.25, 0.3) is 0 Å². The number of hydrogen-bond acceptors (Lipinski definition) is 4. The Kier molecular flexibility index (Phi) is 6.12.